The average molecular weight is 524 g/mol. The number of halogens is 3. The van der Waals surface area contributed by atoms with Gasteiger partial charge in [0.05, 0.1) is 32.2 Å². The van der Waals surface area contributed by atoms with E-state index in [1.807, 2.05) is 24.3 Å². The SMILES string of the molecule is CC#C[C@@H](CC(=O)O)c1ccc(OCc2ccc3ccn(Cc4ccc(F)cc4)c3c2C)cc1.CF.CF. The van der Waals surface area contributed by atoms with Crippen molar-refractivity contribution in [3.05, 3.63) is 101 Å². The number of benzene rings is 3. The molecular formula is C31H32F3NO3. The molecule has 1 atom stereocenters. The van der Waals surface area contributed by atoms with Gasteiger partial charge in [0.25, 0.3) is 0 Å². The van der Waals surface area contributed by atoms with Crippen molar-refractivity contribution in [2.24, 2.45) is 0 Å². The molecule has 1 N–H and O–H groups in total. The molecule has 7 heteroatoms. The largest absolute Gasteiger partial charge is 0.489 e. The number of rotatable bonds is 8. The van der Waals surface area contributed by atoms with E-state index in [2.05, 4.69) is 47.7 Å². The number of carbonyl (C=O) groups is 1. The molecule has 0 bridgehead atoms. The molecule has 0 aliphatic carbocycles. The van der Waals surface area contributed by atoms with Crippen LogP contribution in [0.4, 0.5) is 13.2 Å². The second kappa shape index (κ2) is 15.2. The molecule has 0 aliphatic heterocycles. The number of alkyl halides is 2. The number of aliphatic carboxylic acids is 1. The summed E-state index contributed by atoms with van der Waals surface area (Å²) >= 11 is 0. The van der Waals surface area contributed by atoms with E-state index in [1.54, 1.807) is 19.1 Å². The number of carboxylic acids is 1. The smallest absolute Gasteiger partial charge is 0.304 e. The van der Waals surface area contributed by atoms with Gasteiger partial charge in [-0.3, -0.25) is 13.6 Å². The van der Waals surface area contributed by atoms with Crippen LogP contribution in [0.3, 0.4) is 0 Å². The van der Waals surface area contributed by atoms with Gasteiger partial charge < -0.3 is 14.4 Å². The van der Waals surface area contributed by atoms with E-state index in [0.717, 1.165) is 33.2 Å². The Hall–Kier alpha value is -4.18. The lowest BCUT2D eigenvalue weighted by Gasteiger charge is -2.14. The monoisotopic (exact) mass is 523 g/mol. The summed E-state index contributed by atoms with van der Waals surface area (Å²) in [7, 11) is 1.00. The highest BCUT2D eigenvalue weighted by molar-refractivity contribution is 5.84. The Kier molecular flexibility index (Phi) is 12.0. The highest BCUT2D eigenvalue weighted by atomic mass is 19.1. The summed E-state index contributed by atoms with van der Waals surface area (Å²) in [6.45, 7) is 4.87. The van der Waals surface area contributed by atoms with E-state index in [0.29, 0.717) is 33.3 Å². The van der Waals surface area contributed by atoms with Crippen LogP contribution in [0.1, 0.15) is 41.5 Å². The van der Waals surface area contributed by atoms with Crippen molar-refractivity contribution < 1.29 is 27.8 Å². The van der Waals surface area contributed by atoms with E-state index in [1.165, 1.54) is 12.1 Å². The molecule has 0 unspecified atom stereocenters. The number of fused-ring (bicyclic) bond motifs is 1. The van der Waals surface area contributed by atoms with Gasteiger partial charge in [-0.05, 0) is 71.8 Å². The quantitative estimate of drug-likeness (QED) is 0.244. The van der Waals surface area contributed by atoms with Crippen LogP contribution < -0.4 is 4.74 Å². The molecule has 4 nitrogen and oxygen atoms in total. The number of hydrogen-bond donors (Lipinski definition) is 1. The van der Waals surface area contributed by atoms with E-state index in [-0.39, 0.29) is 18.2 Å². The number of ether oxygens (including phenoxy) is 1. The van der Waals surface area contributed by atoms with Crippen molar-refractivity contribution in [1.82, 2.24) is 4.57 Å². The van der Waals surface area contributed by atoms with Gasteiger partial charge in [0.1, 0.15) is 18.2 Å². The highest BCUT2D eigenvalue weighted by Crippen LogP contribution is 2.26. The fourth-order valence-electron chi connectivity index (χ4n) is 4.16. The Labute approximate surface area is 221 Å². The summed E-state index contributed by atoms with van der Waals surface area (Å²) in [5, 5.41) is 10.3. The van der Waals surface area contributed by atoms with Crippen LogP contribution in [0.2, 0.25) is 0 Å². The molecule has 0 saturated carbocycles. The molecule has 0 spiro atoms. The van der Waals surface area contributed by atoms with E-state index in [4.69, 9.17) is 9.84 Å². The average Bonchev–Trinajstić information content (AvgIpc) is 3.35. The van der Waals surface area contributed by atoms with E-state index >= 15 is 0 Å². The minimum Gasteiger partial charge on any atom is -0.489 e. The Morgan fingerprint density at radius 2 is 1.63 bits per heavy atom. The molecule has 0 amide bonds. The summed E-state index contributed by atoms with van der Waals surface area (Å²) in [5.74, 6) is 5.04. The van der Waals surface area contributed by atoms with Gasteiger partial charge in [-0.25, -0.2) is 4.39 Å². The maximum atomic E-state index is 13.3. The first-order valence-corrected chi connectivity index (χ1v) is 11.9. The summed E-state index contributed by atoms with van der Waals surface area (Å²) in [4.78, 5) is 11.1. The van der Waals surface area contributed by atoms with Crippen molar-refractivity contribution in [3.8, 4) is 17.6 Å². The van der Waals surface area contributed by atoms with Gasteiger partial charge in [0.2, 0.25) is 0 Å². The van der Waals surface area contributed by atoms with Crippen LogP contribution in [0, 0.1) is 24.6 Å². The van der Waals surface area contributed by atoms with Crippen molar-refractivity contribution in [3.63, 3.8) is 0 Å². The van der Waals surface area contributed by atoms with Crippen molar-refractivity contribution in [1.29, 1.82) is 0 Å². The molecule has 0 radical (unpaired) electrons. The topological polar surface area (TPSA) is 51.5 Å². The molecule has 0 saturated heterocycles. The Balaban J connectivity index is 0.00000121. The molecule has 3 aromatic carbocycles. The minimum absolute atomic E-state index is 0.0299. The van der Waals surface area contributed by atoms with Crippen LogP contribution >= 0.6 is 0 Å². The highest BCUT2D eigenvalue weighted by Gasteiger charge is 2.14. The fourth-order valence-corrected chi connectivity index (χ4v) is 4.16. The van der Waals surface area contributed by atoms with Crippen LogP contribution in [0.5, 0.6) is 5.75 Å². The second-order valence-electron chi connectivity index (χ2n) is 8.26. The number of hydrogen-bond acceptors (Lipinski definition) is 2. The lowest BCUT2D eigenvalue weighted by atomic mass is 9.96. The third-order valence-corrected chi connectivity index (χ3v) is 5.94. The molecule has 1 aromatic heterocycles. The van der Waals surface area contributed by atoms with Crippen LogP contribution in [-0.2, 0) is 17.9 Å². The Morgan fingerprint density at radius 1 is 0.974 bits per heavy atom. The Morgan fingerprint density at radius 3 is 2.24 bits per heavy atom. The van der Waals surface area contributed by atoms with Crippen molar-refractivity contribution in [2.45, 2.75) is 39.3 Å². The van der Waals surface area contributed by atoms with Gasteiger partial charge in [0.15, 0.2) is 0 Å². The van der Waals surface area contributed by atoms with Gasteiger partial charge in [0, 0.05) is 12.7 Å². The molecular weight excluding hydrogens is 491 g/mol. The summed E-state index contributed by atoms with van der Waals surface area (Å²) in [6, 6.07) is 20.3. The number of aromatic nitrogens is 1. The van der Waals surface area contributed by atoms with Crippen LogP contribution in [0.25, 0.3) is 10.9 Å². The van der Waals surface area contributed by atoms with Crippen molar-refractivity contribution >= 4 is 16.9 Å². The first-order valence-electron chi connectivity index (χ1n) is 11.9. The zero-order valence-corrected chi connectivity index (χ0v) is 22.0. The third kappa shape index (κ3) is 7.91. The van der Waals surface area contributed by atoms with Crippen molar-refractivity contribution in [2.75, 3.05) is 14.4 Å². The molecule has 4 aromatic rings. The number of nitrogens with zero attached hydrogens (tertiary/aromatic N) is 1. The number of carboxylic acid groups (broad SMARTS) is 1. The van der Waals surface area contributed by atoms with E-state index in [9.17, 15) is 18.0 Å². The third-order valence-electron chi connectivity index (χ3n) is 5.94. The second-order valence-corrected chi connectivity index (χ2v) is 8.26. The maximum absolute atomic E-state index is 13.3. The van der Waals surface area contributed by atoms with Gasteiger partial charge in [-0.1, -0.05) is 42.3 Å². The number of aryl methyl sites for hydroxylation is 1. The normalized spacial score (nSPS) is 10.7. The molecule has 4 rings (SSSR count). The predicted octanol–water partition coefficient (Wildman–Crippen LogP) is 7.47. The molecule has 38 heavy (non-hydrogen) atoms. The van der Waals surface area contributed by atoms with Crippen LogP contribution in [-0.4, -0.2) is 30.0 Å². The molecule has 0 aliphatic rings. The fraction of sp³-hybridized carbons (Fsp3) is 0.258. The minimum atomic E-state index is -0.872. The molecule has 1 heterocycles. The van der Waals surface area contributed by atoms with Crippen LogP contribution in [0.15, 0.2) is 72.9 Å². The standard InChI is InChI=1S/C29H26FNO3.2CH3F/c1-3-4-24(17-28(32)33)22-9-13-27(14-10-22)34-19-25-8-7-23-15-16-31(29(23)20(25)2)18-21-5-11-26(30)12-6-21;2*1-2/h5-16,24H,17-19H2,1-2H3,(H,32,33);2*1H3/t24-;;/m0../s1. The lowest BCUT2D eigenvalue weighted by molar-refractivity contribution is -0.137. The summed E-state index contributed by atoms with van der Waals surface area (Å²) in [6.07, 6.45) is 2.02. The summed E-state index contributed by atoms with van der Waals surface area (Å²) < 4.78 is 40.5. The molecule has 0 fully saturated rings. The molecule has 200 valence electrons. The zero-order chi connectivity index (χ0) is 28.1. The zero-order valence-electron chi connectivity index (χ0n) is 22.0. The maximum Gasteiger partial charge on any atom is 0.304 e. The van der Waals surface area contributed by atoms with Gasteiger partial charge in [-0.2, -0.15) is 0 Å². The van der Waals surface area contributed by atoms with Gasteiger partial charge in [-0.15, -0.1) is 5.92 Å². The predicted molar refractivity (Wildman–Crippen MR) is 145 cm³/mol. The Bertz CT molecular complexity index is 1370. The first kappa shape index (κ1) is 30.0. The summed E-state index contributed by atoms with van der Waals surface area (Å²) in [5.41, 5.74) is 5.25. The van der Waals surface area contributed by atoms with E-state index < -0.39 is 5.97 Å². The first-order chi connectivity index (χ1) is 18.4. The lowest BCUT2D eigenvalue weighted by Crippen LogP contribution is -2.05. The van der Waals surface area contributed by atoms with Gasteiger partial charge >= 0.3 is 5.97 Å².